The molecule has 32 heavy (non-hydrogen) atoms. The topological polar surface area (TPSA) is 104 Å². The summed E-state index contributed by atoms with van der Waals surface area (Å²) in [6.45, 7) is 9.74. The minimum Gasteiger partial charge on any atom is -0.450 e. The number of carbonyl (C=O) groups excluding carboxylic acids is 3. The smallest absolute Gasteiger partial charge is 0.409 e. The molecule has 2 aromatic rings. The number of thiazole rings is 1. The molecule has 0 aliphatic carbocycles. The Labute approximate surface area is 191 Å². The Kier molecular flexibility index (Phi) is 7.68. The lowest BCUT2D eigenvalue weighted by Crippen LogP contribution is -2.51. The number of aryl methyl sites for hydroxylation is 3. The first-order chi connectivity index (χ1) is 15.3. The molecule has 1 aliphatic heterocycles. The molecule has 0 spiro atoms. The maximum atomic E-state index is 12.5. The fourth-order valence-electron chi connectivity index (χ4n) is 3.65. The molecule has 1 saturated heterocycles. The van der Waals surface area contributed by atoms with Gasteiger partial charge in [0, 0.05) is 37.2 Å². The van der Waals surface area contributed by atoms with Crippen LogP contribution in [0.25, 0.3) is 0 Å². The van der Waals surface area contributed by atoms with Gasteiger partial charge in [-0.1, -0.05) is 17.7 Å². The third kappa shape index (κ3) is 5.97. The van der Waals surface area contributed by atoms with Gasteiger partial charge in [0.05, 0.1) is 18.7 Å². The third-order valence-corrected chi connectivity index (χ3v) is 5.95. The van der Waals surface area contributed by atoms with Crippen LogP contribution in [0.5, 0.6) is 0 Å². The zero-order valence-corrected chi connectivity index (χ0v) is 19.7. The molecule has 2 N–H and O–H groups in total. The zero-order valence-electron chi connectivity index (χ0n) is 18.9. The molecule has 4 amide bonds. The summed E-state index contributed by atoms with van der Waals surface area (Å²) in [5.74, 6) is -0.154. The predicted octanol–water partition coefficient (Wildman–Crippen LogP) is 3.56. The van der Waals surface area contributed by atoms with Crippen molar-refractivity contribution in [3.63, 3.8) is 0 Å². The lowest BCUT2D eigenvalue weighted by Gasteiger charge is -2.33. The molecule has 0 saturated carbocycles. The molecule has 3 rings (SSSR count). The Balaban J connectivity index is 1.50. The molecule has 0 radical (unpaired) electrons. The molecule has 10 heteroatoms. The summed E-state index contributed by atoms with van der Waals surface area (Å²) in [7, 11) is 0. The fraction of sp³-hybridized carbons (Fsp3) is 0.455. The number of hydrogen-bond donors (Lipinski definition) is 2. The van der Waals surface area contributed by atoms with E-state index in [0.29, 0.717) is 43.6 Å². The van der Waals surface area contributed by atoms with Gasteiger partial charge in [0.2, 0.25) is 5.91 Å². The molecule has 1 aromatic heterocycles. The van der Waals surface area contributed by atoms with Crippen molar-refractivity contribution in [1.29, 1.82) is 0 Å². The van der Waals surface area contributed by atoms with Gasteiger partial charge in [0.15, 0.2) is 5.13 Å². The Morgan fingerprint density at radius 2 is 1.66 bits per heavy atom. The van der Waals surface area contributed by atoms with Gasteiger partial charge < -0.3 is 19.9 Å². The van der Waals surface area contributed by atoms with Crippen LogP contribution < -0.4 is 10.6 Å². The summed E-state index contributed by atoms with van der Waals surface area (Å²) in [6, 6.07) is 3.79. The molecule has 1 aromatic carbocycles. The van der Waals surface area contributed by atoms with Crippen LogP contribution in [0.2, 0.25) is 0 Å². The highest BCUT2D eigenvalue weighted by Crippen LogP contribution is 2.23. The Hall–Kier alpha value is -3.14. The van der Waals surface area contributed by atoms with E-state index in [9.17, 15) is 14.4 Å². The van der Waals surface area contributed by atoms with Crippen LogP contribution in [0, 0.1) is 20.8 Å². The van der Waals surface area contributed by atoms with Gasteiger partial charge in [-0.15, -0.1) is 11.3 Å². The maximum absolute atomic E-state index is 12.5. The number of urea groups is 1. The van der Waals surface area contributed by atoms with E-state index in [2.05, 4.69) is 15.6 Å². The Bertz CT molecular complexity index is 975. The van der Waals surface area contributed by atoms with Crippen LogP contribution in [-0.4, -0.2) is 65.6 Å². The highest BCUT2D eigenvalue weighted by molar-refractivity contribution is 7.13. The molecular weight excluding hydrogens is 430 g/mol. The number of hydrogen-bond acceptors (Lipinski definition) is 6. The van der Waals surface area contributed by atoms with E-state index < -0.39 is 0 Å². The summed E-state index contributed by atoms with van der Waals surface area (Å²) in [5, 5.41) is 7.95. The number of nitrogens with zero attached hydrogens (tertiary/aromatic N) is 3. The van der Waals surface area contributed by atoms with E-state index in [1.807, 2.05) is 32.9 Å². The second-order valence-corrected chi connectivity index (χ2v) is 8.60. The molecular formula is C22H29N5O4S. The van der Waals surface area contributed by atoms with Crippen LogP contribution in [0.3, 0.4) is 0 Å². The number of aromatic nitrogens is 1. The zero-order chi connectivity index (χ0) is 23.3. The first kappa shape index (κ1) is 23.5. The summed E-state index contributed by atoms with van der Waals surface area (Å²) in [4.78, 5) is 44.4. The average molecular weight is 460 g/mol. The van der Waals surface area contributed by atoms with Gasteiger partial charge in [0.25, 0.3) is 0 Å². The molecule has 1 aliphatic rings. The minimum absolute atomic E-state index is 0.122. The average Bonchev–Trinajstić information content (AvgIpc) is 3.17. The highest BCUT2D eigenvalue weighted by Gasteiger charge is 2.25. The van der Waals surface area contributed by atoms with Crippen LogP contribution in [-0.2, 0) is 16.0 Å². The summed E-state index contributed by atoms with van der Waals surface area (Å²) in [5.41, 5.74) is 4.61. The Morgan fingerprint density at radius 3 is 2.28 bits per heavy atom. The monoisotopic (exact) mass is 459 g/mol. The van der Waals surface area contributed by atoms with E-state index >= 15 is 0 Å². The van der Waals surface area contributed by atoms with Gasteiger partial charge in [-0.2, -0.15) is 0 Å². The number of benzene rings is 1. The first-order valence-electron chi connectivity index (χ1n) is 10.6. The minimum atomic E-state index is -0.355. The normalized spacial score (nSPS) is 13.6. The van der Waals surface area contributed by atoms with Crippen molar-refractivity contribution in [2.45, 2.75) is 34.1 Å². The maximum Gasteiger partial charge on any atom is 0.409 e. The standard InChI is InChI=1S/C22H29N5O4S/c1-5-31-22(30)27-8-6-26(7-9-27)21(29)25-20-23-17(13-32-20)12-18(28)24-19-15(3)10-14(2)11-16(19)4/h10-11,13H,5-9,12H2,1-4H3,(H,24,28)(H,23,25,29). The number of carbonyl (C=O) groups is 3. The summed E-state index contributed by atoms with van der Waals surface area (Å²) in [6.07, 6.45) is -0.233. The van der Waals surface area contributed by atoms with Gasteiger partial charge in [-0.3, -0.25) is 10.1 Å². The van der Waals surface area contributed by atoms with Gasteiger partial charge >= 0.3 is 12.1 Å². The number of anilines is 2. The Morgan fingerprint density at radius 1 is 1.03 bits per heavy atom. The lowest BCUT2D eigenvalue weighted by molar-refractivity contribution is -0.115. The van der Waals surface area contributed by atoms with Crippen LogP contribution >= 0.6 is 11.3 Å². The first-order valence-corrected chi connectivity index (χ1v) is 11.4. The fourth-order valence-corrected chi connectivity index (χ4v) is 4.35. The van der Waals surface area contributed by atoms with Crippen molar-refractivity contribution < 1.29 is 19.1 Å². The molecule has 0 bridgehead atoms. The quantitative estimate of drug-likeness (QED) is 0.712. The number of ether oxygens (including phenoxy) is 1. The van der Waals surface area contributed by atoms with Crippen molar-refractivity contribution in [1.82, 2.24) is 14.8 Å². The number of piperazine rings is 1. The molecule has 2 heterocycles. The highest BCUT2D eigenvalue weighted by atomic mass is 32.1. The summed E-state index contributed by atoms with van der Waals surface area (Å²) < 4.78 is 4.99. The van der Waals surface area contributed by atoms with Crippen LogP contribution in [0.15, 0.2) is 17.5 Å². The van der Waals surface area contributed by atoms with Crippen LogP contribution in [0.4, 0.5) is 20.4 Å². The predicted molar refractivity (Wildman–Crippen MR) is 124 cm³/mol. The number of rotatable bonds is 5. The van der Waals surface area contributed by atoms with E-state index in [-0.39, 0.29) is 24.5 Å². The van der Waals surface area contributed by atoms with Crippen molar-refractivity contribution in [2.24, 2.45) is 0 Å². The van der Waals surface area contributed by atoms with Crippen molar-refractivity contribution in [3.8, 4) is 0 Å². The number of nitrogens with one attached hydrogen (secondary N) is 2. The van der Waals surface area contributed by atoms with Gasteiger partial charge in [-0.25, -0.2) is 14.6 Å². The lowest BCUT2D eigenvalue weighted by atomic mass is 10.0. The molecule has 1 fully saturated rings. The largest absolute Gasteiger partial charge is 0.450 e. The molecule has 0 unspecified atom stereocenters. The second-order valence-electron chi connectivity index (χ2n) is 7.75. The summed E-state index contributed by atoms with van der Waals surface area (Å²) >= 11 is 1.28. The molecule has 0 atom stereocenters. The van der Waals surface area contributed by atoms with Gasteiger partial charge in [-0.05, 0) is 38.8 Å². The van der Waals surface area contributed by atoms with Crippen molar-refractivity contribution in [3.05, 3.63) is 39.9 Å². The van der Waals surface area contributed by atoms with Crippen LogP contribution in [0.1, 0.15) is 29.3 Å². The number of amides is 4. The second kappa shape index (κ2) is 10.4. The SMILES string of the molecule is CCOC(=O)N1CCN(C(=O)Nc2nc(CC(=O)Nc3c(C)cc(C)cc3C)cs2)CC1. The third-order valence-electron chi connectivity index (χ3n) is 5.14. The van der Waals surface area contributed by atoms with Crippen molar-refractivity contribution in [2.75, 3.05) is 43.4 Å². The molecule has 172 valence electrons. The van der Waals surface area contributed by atoms with E-state index in [4.69, 9.17) is 4.74 Å². The van der Waals surface area contributed by atoms with Crippen molar-refractivity contribution >= 4 is 40.2 Å². The van der Waals surface area contributed by atoms with E-state index in [1.54, 1.807) is 22.1 Å². The van der Waals surface area contributed by atoms with E-state index in [1.165, 1.54) is 11.3 Å². The van der Waals surface area contributed by atoms with Gasteiger partial charge in [0.1, 0.15) is 0 Å². The molecule has 9 nitrogen and oxygen atoms in total. The van der Waals surface area contributed by atoms with E-state index in [0.717, 1.165) is 22.4 Å².